The van der Waals surface area contributed by atoms with Gasteiger partial charge >= 0.3 is 6.03 Å². The first-order valence-corrected chi connectivity index (χ1v) is 9.94. The van der Waals surface area contributed by atoms with E-state index in [9.17, 15) is 14.4 Å². The molecule has 8 heteroatoms. The molecule has 1 aliphatic heterocycles. The van der Waals surface area contributed by atoms with Crippen molar-refractivity contribution >= 4 is 61.5 Å². The van der Waals surface area contributed by atoms with Crippen LogP contribution in [-0.2, 0) is 9.59 Å². The molecular weight excluding hydrogens is 504 g/mol. The predicted molar refractivity (Wildman–Crippen MR) is 116 cm³/mol. The lowest BCUT2D eigenvalue weighted by molar-refractivity contribution is -0.122. The Hall–Kier alpha value is -2.89. The van der Waals surface area contributed by atoms with E-state index < -0.39 is 17.8 Å². The van der Waals surface area contributed by atoms with Gasteiger partial charge in [-0.25, -0.2) is 9.69 Å². The molecule has 2 aromatic carbocycles. The molecule has 0 radical (unpaired) electrons. The standard InChI is InChI=1S/C21H14Br2N2O4/c1-3-8-29-18-7-4-13(11-16(18)23)10-15-19(26)24-21(28)25(20(15)27)17-6-5-14(22)9-12(17)2/h1,4-7,9-11H,8H2,2H3,(H,24,26,28)/b15-10-. The van der Waals surface area contributed by atoms with Crippen molar-refractivity contribution in [1.82, 2.24) is 5.32 Å². The maximum Gasteiger partial charge on any atom is 0.335 e. The zero-order valence-corrected chi connectivity index (χ0v) is 18.3. The summed E-state index contributed by atoms with van der Waals surface area (Å²) in [4.78, 5) is 38.6. The number of benzene rings is 2. The lowest BCUT2D eigenvalue weighted by Crippen LogP contribution is -2.54. The van der Waals surface area contributed by atoms with E-state index in [0.717, 1.165) is 9.37 Å². The number of imide groups is 2. The van der Waals surface area contributed by atoms with Gasteiger partial charge in [0.05, 0.1) is 10.2 Å². The first-order chi connectivity index (χ1) is 13.8. The van der Waals surface area contributed by atoms with Crippen molar-refractivity contribution in [3.8, 4) is 18.1 Å². The summed E-state index contributed by atoms with van der Waals surface area (Å²) in [6, 6.07) is 9.37. The molecule has 6 nitrogen and oxygen atoms in total. The summed E-state index contributed by atoms with van der Waals surface area (Å²) in [5, 5.41) is 2.21. The van der Waals surface area contributed by atoms with E-state index in [2.05, 4.69) is 43.1 Å². The zero-order valence-electron chi connectivity index (χ0n) is 15.2. The maximum atomic E-state index is 13.0. The number of hydrogen-bond acceptors (Lipinski definition) is 4. The summed E-state index contributed by atoms with van der Waals surface area (Å²) in [5.74, 6) is 1.45. The fourth-order valence-corrected chi connectivity index (χ4v) is 3.74. The number of rotatable bonds is 4. The molecule has 0 aliphatic carbocycles. The summed E-state index contributed by atoms with van der Waals surface area (Å²) >= 11 is 6.72. The Morgan fingerprint density at radius 2 is 1.93 bits per heavy atom. The van der Waals surface area contributed by atoms with Gasteiger partial charge in [-0.15, -0.1) is 6.42 Å². The van der Waals surface area contributed by atoms with Crippen molar-refractivity contribution in [1.29, 1.82) is 0 Å². The third-order valence-electron chi connectivity index (χ3n) is 4.08. The number of terminal acetylenes is 1. The van der Waals surface area contributed by atoms with E-state index in [-0.39, 0.29) is 12.2 Å². The Labute approximate surface area is 184 Å². The number of halogens is 2. The van der Waals surface area contributed by atoms with Crippen LogP contribution in [0.3, 0.4) is 0 Å². The van der Waals surface area contributed by atoms with Gasteiger partial charge in [-0.1, -0.05) is 27.9 Å². The van der Waals surface area contributed by atoms with Crippen molar-refractivity contribution in [2.45, 2.75) is 6.92 Å². The highest BCUT2D eigenvalue weighted by Crippen LogP contribution is 2.29. The van der Waals surface area contributed by atoms with E-state index >= 15 is 0 Å². The second-order valence-corrected chi connectivity index (χ2v) is 7.84. The number of carbonyl (C=O) groups is 3. The molecule has 2 aromatic rings. The van der Waals surface area contributed by atoms with E-state index in [1.54, 1.807) is 43.3 Å². The largest absolute Gasteiger partial charge is 0.480 e. The third-order valence-corrected chi connectivity index (χ3v) is 5.19. The van der Waals surface area contributed by atoms with Gasteiger partial charge in [-0.05, 0) is 70.4 Å². The Bertz CT molecular complexity index is 1100. The fraction of sp³-hybridized carbons (Fsp3) is 0.0952. The molecule has 1 fully saturated rings. The average molecular weight is 518 g/mol. The molecule has 0 spiro atoms. The molecule has 0 unspecified atom stereocenters. The summed E-state index contributed by atoms with van der Waals surface area (Å²) in [7, 11) is 0. The van der Waals surface area contributed by atoms with E-state index in [4.69, 9.17) is 11.2 Å². The molecule has 1 saturated heterocycles. The van der Waals surface area contributed by atoms with Gasteiger partial charge in [0, 0.05) is 4.47 Å². The molecule has 3 rings (SSSR count). The van der Waals surface area contributed by atoms with Crippen molar-refractivity contribution in [2.24, 2.45) is 0 Å². The second kappa shape index (κ2) is 8.64. The van der Waals surface area contributed by atoms with Crippen LogP contribution in [0.15, 0.2) is 50.9 Å². The van der Waals surface area contributed by atoms with Crippen molar-refractivity contribution < 1.29 is 19.1 Å². The number of nitrogens with one attached hydrogen (secondary N) is 1. The Kier molecular flexibility index (Phi) is 6.20. The van der Waals surface area contributed by atoms with Crippen LogP contribution < -0.4 is 15.0 Å². The van der Waals surface area contributed by atoms with Crippen LogP contribution in [0.25, 0.3) is 6.08 Å². The smallest absolute Gasteiger partial charge is 0.335 e. The number of aryl methyl sites for hydroxylation is 1. The minimum absolute atomic E-state index is 0.115. The normalized spacial score (nSPS) is 15.3. The van der Waals surface area contributed by atoms with Crippen LogP contribution in [0.1, 0.15) is 11.1 Å². The van der Waals surface area contributed by atoms with Crippen LogP contribution in [-0.4, -0.2) is 24.5 Å². The topological polar surface area (TPSA) is 75.7 Å². The predicted octanol–water partition coefficient (Wildman–Crippen LogP) is 4.20. The highest BCUT2D eigenvalue weighted by molar-refractivity contribution is 9.10. The minimum Gasteiger partial charge on any atom is -0.480 e. The lowest BCUT2D eigenvalue weighted by atomic mass is 10.1. The number of anilines is 1. The van der Waals surface area contributed by atoms with Gasteiger partial charge in [-0.2, -0.15) is 0 Å². The maximum absolute atomic E-state index is 13.0. The Morgan fingerprint density at radius 1 is 1.17 bits per heavy atom. The van der Waals surface area contributed by atoms with Gasteiger partial charge in [0.15, 0.2) is 0 Å². The SMILES string of the molecule is C#CCOc1ccc(/C=C2/C(=O)NC(=O)N(c3ccc(Br)cc3C)C2=O)cc1Br. The van der Waals surface area contributed by atoms with Crippen LogP contribution in [0, 0.1) is 19.3 Å². The van der Waals surface area contributed by atoms with Gasteiger partial charge in [-0.3, -0.25) is 14.9 Å². The van der Waals surface area contributed by atoms with Gasteiger partial charge in [0.2, 0.25) is 0 Å². The number of carbonyl (C=O) groups excluding carboxylic acids is 3. The molecule has 29 heavy (non-hydrogen) atoms. The van der Waals surface area contributed by atoms with E-state index in [0.29, 0.717) is 27.0 Å². The molecule has 0 bridgehead atoms. The Morgan fingerprint density at radius 3 is 2.59 bits per heavy atom. The summed E-state index contributed by atoms with van der Waals surface area (Å²) < 4.78 is 6.80. The van der Waals surface area contributed by atoms with Gasteiger partial charge in [0.25, 0.3) is 11.8 Å². The van der Waals surface area contributed by atoms with Gasteiger partial charge < -0.3 is 4.74 Å². The molecule has 1 N–H and O–H groups in total. The number of nitrogens with zero attached hydrogens (tertiary/aromatic N) is 1. The lowest BCUT2D eigenvalue weighted by Gasteiger charge is -2.27. The first kappa shape index (κ1) is 20.8. The monoisotopic (exact) mass is 516 g/mol. The number of amides is 4. The first-order valence-electron chi connectivity index (χ1n) is 8.35. The molecule has 1 aliphatic rings. The molecule has 0 aromatic heterocycles. The van der Waals surface area contributed by atoms with E-state index in [1.165, 1.54) is 6.08 Å². The highest BCUT2D eigenvalue weighted by Gasteiger charge is 2.37. The zero-order chi connectivity index (χ0) is 21.1. The van der Waals surface area contributed by atoms with Gasteiger partial charge in [0.1, 0.15) is 17.9 Å². The average Bonchev–Trinajstić information content (AvgIpc) is 2.66. The molecule has 146 valence electrons. The molecule has 0 atom stereocenters. The fourth-order valence-electron chi connectivity index (χ4n) is 2.76. The van der Waals surface area contributed by atoms with Crippen LogP contribution in [0.4, 0.5) is 10.5 Å². The molecule has 1 heterocycles. The minimum atomic E-state index is -0.790. The van der Waals surface area contributed by atoms with Crippen LogP contribution in [0.5, 0.6) is 5.75 Å². The third kappa shape index (κ3) is 4.42. The quantitative estimate of drug-likeness (QED) is 0.374. The molecule has 4 amide bonds. The molecule has 0 saturated carbocycles. The number of hydrogen-bond donors (Lipinski definition) is 1. The summed E-state index contributed by atoms with van der Waals surface area (Å²) in [5.41, 5.74) is 1.52. The highest BCUT2D eigenvalue weighted by atomic mass is 79.9. The number of barbiturate groups is 1. The van der Waals surface area contributed by atoms with Crippen molar-refractivity contribution in [2.75, 3.05) is 11.5 Å². The van der Waals surface area contributed by atoms with E-state index in [1.807, 2.05) is 0 Å². The summed E-state index contributed by atoms with van der Waals surface area (Å²) in [6.45, 7) is 1.88. The second-order valence-electron chi connectivity index (χ2n) is 6.07. The van der Waals surface area contributed by atoms with Crippen molar-refractivity contribution in [3.05, 3.63) is 62.0 Å². The van der Waals surface area contributed by atoms with Crippen LogP contribution in [0.2, 0.25) is 0 Å². The van der Waals surface area contributed by atoms with Crippen LogP contribution >= 0.6 is 31.9 Å². The Balaban J connectivity index is 1.97. The van der Waals surface area contributed by atoms with Crippen molar-refractivity contribution in [3.63, 3.8) is 0 Å². The number of ether oxygens (including phenoxy) is 1. The summed E-state index contributed by atoms with van der Waals surface area (Å²) in [6.07, 6.45) is 6.60. The number of urea groups is 1. The molecular formula is C21H14Br2N2O4.